The van der Waals surface area contributed by atoms with Gasteiger partial charge in [-0.1, -0.05) is 0 Å². The van der Waals surface area contributed by atoms with E-state index in [0.717, 1.165) is 47.0 Å². The van der Waals surface area contributed by atoms with Crippen LogP contribution >= 0.6 is 11.3 Å². The van der Waals surface area contributed by atoms with E-state index in [1.54, 1.807) is 22.6 Å². The molecule has 1 aliphatic rings. The van der Waals surface area contributed by atoms with E-state index in [1.165, 1.54) is 4.88 Å². The summed E-state index contributed by atoms with van der Waals surface area (Å²) in [5.74, 6) is -0.163. The zero-order valence-corrected chi connectivity index (χ0v) is 22.1. The highest BCUT2D eigenvalue weighted by atomic mass is 32.2. The minimum absolute atomic E-state index is 0.0690. The molecule has 0 bridgehead atoms. The van der Waals surface area contributed by atoms with Crippen molar-refractivity contribution in [2.45, 2.75) is 45.2 Å². The number of amides is 1. The van der Waals surface area contributed by atoms with Crippen LogP contribution in [0.25, 0.3) is 22.0 Å². The van der Waals surface area contributed by atoms with Gasteiger partial charge in [-0.25, -0.2) is 12.7 Å². The number of fused-ring (bicyclic) bond motifs is 1. The number of thiophene rings is 1. The highest BCUT2D eigenvalue weighted by Gasteiger charge is 2.29. The van der Waals surface area contributed by atoms with Crippen molar-refractivity contribution in [3.05, 3.63) is 45.8 Å². The molecule has 0 spiro atoms. The fourth-order valence-electron chi connectivity index (χ4n) is 4.74. The van der Waals surface area contributed by atoms with E-state index in [-0.39, 0.29) is 24.3 Å². The first-order valence-corrected chi connectivity index (χ1v) is 14.4. The monoisotopic (exact) mass is 518 g/mol. The second-order valence-electron chi connectivity index (χ2n) is 9.38. The van der Waals surface area contributed by atoms with Crippen LogP contribution < -0.4 is 5.73 Å². The molecule has 190 valence electrons. The van der Waals surface area contributed by atoms with Crippen LogP contribution in [0.3, 0.4) is 0 Å². The Morgan fingerprint density at radius 3 is 2.63 bits per heavy atom. The molecule has 1 atom stereocenters. The van der Waals surface area contributed by atoms with Gasteiger partial charge in [0, 0.05) is 42.1 Å². The molecule has 3 heterocycles. The molecule has 1 aliphatic heterocycles. The van der Waals surface area contributed by atoms with E-state index in [9.17, 15) is 18.3 Å². The fourth-order valence-corrected chi connectivity index (χ4v) is 6.82. The third kappa shape index (κ3) is 5.31. The van der Waals surface area contributed by atoms with Gasteiger partial charge in [-0.3, -0.25) is 9.69 Å². The topological polar surface area (TPSA) is 120 Å². The largest absolute Gasteiger partial charge is 0.395 e. The predicted octanol–water partition coefficient (Wildman–Crippen LogP) is 3.34. The van der Waals surface area contributed by atoms with Crippen molar-refractivity contribution >= 4 is 38.2 Å². The molecule has 1 unspecified atom stereocenters. The first-order chi connectivity index (χ1) is 16.6. The standard InChI is InChI=1S/C25H34N4O4S2/c1-4-35(32,33)29-7-5-17(6-8-29)23-12-27-24-21(23)10-18(11-22(24)25(26)31)19-9-20(34-15-19)13-28(3)16(2)14-30/h9-12,15-17,27,30H,4-8,13-14H2,1-3H3,(H2,26,31). The summed E-state index contributed by atoms with van der Waals surface area (Å²) in [7, 11) is -1.20. The molecule has 0 aliphatic carbocycles. The molecule has 1 amide bonds. The number of carbonyl (C=O) groups is 1. The molecule has 3 aromatic rings. The number of sulfonamides is 1. The van der Waals surface area contributed by atoms with Crippen LogP contribution in [-0.4, -0.2) is 72.2 Å². The number of nitrogens with two attached hydrogens (primary N) is 1. The number of benzene rings is 1. The first-order valence-electron chi connectivity index (χ1n) is 12.0. The normalized spacial score (nSPS) is 16.8. The zero-order chi connectivity index (χ0) is 25.3. The number of hydrogen-bond donors (Lipinski definition) is 3. The Bertz CT molecular complexity index is 1310. The summed E-state index contributed by atoms with van der Waals surface area (Å²) < 4.78 is 26.1. The van der Waals surface area contributed by atoms with E-state index < -0.39 is 15.9 Å². The number of nitrogens with one attached hydrogen (secondary N) is 1. The number of primary amides is 1. The van der Waals surface area contributed by atoms with E-state index in [1.807, 2.05) is 26.2 Å². The fraction of sp³-hybridized carbons (Fsp3) is 0.480. The van der Waals surface area contributed by atoms with Gasteiger partial charge in [0.25, 0.3) is 5.91 Å². The van der Waals surface area contributed by atoms with Crippen molar-refractivity contribution in [1.82, 2.24) is 14.2 Å². The van der Waals surface area contributed by atoms with Gasteiger partial charge >= 0.3 is 0 Å². The summed E-state index contributed by atoms with van der Waals surface area (Å²) in [6, 6.07) is 6.14. The molecule has 8 nitrogen and oxygen atoms in total. The average Bonchev–Trinajstić information content (AvgIpc) is 3.50. The number of aliphatic hydroxyl groups is 1. The SMILES string of the molecule is CCS(=O)(=O)N1CCC(c2c[nH]c3c(C(N)=O)cc(-c4csc(CN(C)C(C)CO)c4)cc23)CC1. The quantitative estimate of drug-likeness (QED) is 0.401. The number of carbonyl (C=O) groups excluding carboxylic acids is 1. The summed E-state index contributed by atoms with van der Waals surface area (Å²) in [5.41, 5.74) is 9.99. The lowest BCUT2D eigenvalue weighted by Gasteiger charge is -2.31. The van der Waals surface area contributed by atoms with Crippen LogP contribution in [0.5, 0.6) is 0 Å². The Labute approximate surface area is 210 Å². The highest BCUT2D eigenvalue weighted by Crippen LogP contribution is 2.38. The van der Waals surface area contributed by atoms with Gasteiger partial charge < -0.3 is 15.8 Å². The van der Waals surface area contributed by atoms with Crippen molar-refractivity contribution in [2.75, 3.05) is 32.5 Å². The van der Waals surface area contributed by atoms with Crippen molar-refractivity contribution in [2.24, 2.45) is 5.73 Å². The summed E-state index contributed by atoms with van der Waals surface area (Å²) in [5, 5.41) is 12.5. The number of aliphatic hydroxyl groups excluding tert-OH is 1. The van der Waals surface area contributed by atoms with Crippen LogP contribution in [0.4, 0.5) is 0 Å². The molecule has 2 aromatic heterocycles. The van der Waals surface area contributed by atoms with Gasteiger partial charge in [0.1, 0.15) is 0 Å². The van der Waals surface area contributed by atoms with Crippen LogP contribution in [0.2, 0.25) is 0 Å². The molecular weight excluding hydrogens is 484 g/mol. The lowest BCUT2D eigenvalue weighted by atomic mass is 9.88. The van der Waals surface area contributed by atoms with Gasteiger partial charge in [0.2, 0.25) is 10.0 Å². The number of hydrogen-bond acceptors (Lipinski definition) is 6. The molecule has 35 heavy (non-hydrogen) atoms. The maximum absolute atomic E-state index is 12.3. The van der Waals surface area contributed by atoms with Crippen LogP contribution in [-0.2, 0) is 16.6 Å². The minimum Gasteiger partial charge on any atom is -0.395 e. The van der Waals surface area contributed by atoms with Gasteiger partial charge in [0.15, 0.2) is 0 Å². The van der Waals surface area contributed by atoms with Crippen molar-refractivity contribution < 1.29 is 18.3 Å². The van der Waals surface area contributed by atoms with Crippen molar-refractivity contribution in [3.63, 3.8) is 0 Å². The summed E-state index contributed by atoms with van der Waals surface area (Å²) in [6.07, 6.45) is 3.42. The van der Waals surface area contributed by atoms with E-state index >= 15 is 0 Å². The summed E-state index contributed by atoms with van der Waals surface area (Å²) in [6.45, 7) is 5.50. The summed E-state index contributed by atoms with van der Waals surface area (Å²) >= 11 is 1.65. The van der Waals surface area contributed by atoms with Crippen LogP contribution in [0.1, 0.15) is 53.4 Å². The van der Waals surface area contributed by atoms with Gasteiger partial charge in [-0.15, -0.1) is 11.3 Å². The molecule has 1 fully saturated rings. The lowest BCUT2D eigenvalue weighted by Crippen LogP contribution is -2.38. The summed E-state index contributed by atoms with van der Waals surface area (Å²) in [4.78, 5) is 18.9. The number of rotatable bonds is 9. The van der Waals surface area contributed by atoms with Gasteiger partial charge in [-0.2, -0.15) is 0 Å². The van der Waals surface area contributed by atoms with Gasteiger partial charge in [0.05, 0.1) is 23.4 Å². The smallest absolute Gasteiger partial charge is 0.250 e. The van der Waals surface area contributed by atoms with E-state index in [2.05, 4.69) is 27.4 Å². The Kier molecular flexibility index (Phi) is 7.68. The number of aromatic nitrogens is 1. The molecule has 0 saturated carbocycles. The van der Waals surface area contributed by atoms with Gasteiger partial charge in [-0.05, 0) is 79.9 Å². The maximum atomic E-state index is 12.3. The Morgan fingerprint density at radius 2 is 2.00 bits per heavy atom. The lowest BCUT2D eigenvalue weighted by molar-refractivity contribution is 0.100. The van der Waals surface area contributed by atoms with E-state index in [0.29, 0.717) is 18.7 Å². The predicted molar refractivity (Wildman–Crippen MR) is 141 cm³/mol. The molecule has 1 aromatic carbocycles. The third-order valence-corrected chi connectivity index (χ3v) is 9.95. The number of H-pyrrole nitrogens is 1. The number of piperidine rings is 1. The second-order valence-corrected chi connectivity index (χ2v) is 12.6. The molecular formula is C25H34N4O4S2. The Morgan fingerprint density at radius 1 is 1.29 bits per heavy atom. The second kappa shape index (κ2) is 10.4. The number of likely N-dealkylation sites (N-methyl/N-ethyl adjacent to an activating group) is 1. The minimum atomic E-state index is -3.18. The molecule has 0 radical (unpaired) electrons. The number of nitrogens with zero attached hydrogens (tertiary/aromatic N) is 2. The van der Waals surface area contributed by atoms with Crippen molar-refractivity contribution in [1.29, 1.82) is 0 Å². The van der Waals surface area contributed by atoms with Crippen LogP contribution in [0.15, 0.2) is 29.8 Å². The molecule has 4 rings (SSSR count). The highest BCUT2D eigenvalue weighted by molar-refractivity contribution is 7.89. The van der Waals surface area contributed by atoms with E-state index in [4.69, 9.17) is 5.73 Å². The zero-order valence-electron chi connectivity index (χ0n) is 20.5. The molecule has 10 heteroatoms. The van der Waals surface area contributed by atoms with Crippen molar-refractivity contribution in [3.8, 4) is 11.1 Å². The average molecular weight is 519 g/mol. The molecule has 1 saturated heterocycles. The third-order valence-electron chi connectivity index (χ3n) is 7.15. The Hall–Kier alpha value is -2.24. The molecule has 4 N–H and O–H groups in total. The number of aromatic amines is 1. The first kappa shape index (κ1) is 25.8. The Balaban J connectivity index is 1.65. The van der Waals surface area contributed by atoms with Crippen LogP contribution in [0, 0.1) is 0 Å². The maximum Gasteiger partial charge on any atom is 0.250 e.